The Balaban J connectivity index is 0.00000225. The van der Waals surface area contributed by atoms with Gasteiger partial charge in [0.25, 0.3) is 0 Å². The zero-order valence-corrected chi connectivity index (χ0v) is 15.2. The maximum absolute atomic E-state index is 13.3. The molecule has 25 heavy (non-hydrogen) atoms. The van der Waals surface area contributed by atoms with Gasteiger partial charge in [-0.05, 0) is 37.5 Å². The molecular formula is C18H26ClFN2O3. The van der Waals surface area contributed by atoms with E-state index in [4.69, 9.17) is 9.47 Å². The van der Waals surface area contributed by atoms with Crippen molar-refractivity contribution in [3.63, 3.8) is 0 Å². The molecule has 2 aliphatic heterocycles. The van der Waals surface area contributed by atoms with Crippen molar-refractivity contribution in [2.24, 2.45) is 0 Å². The molecule has 2 atom stereocenters. The summed E-state index contributed by atoms with van der Waals surface area (Å²) in [6.07, 6.45) is 1.47. The van der Waals surface area contributed by atoms with Gasteiger partial charge in [0.15, 0.2) is 0 Å². The molecule has 0 bridgehead atoms. The van der Waals surface area contributed by atoms with Crippen molar-refractivity contribution >= 4 is 18.3 Å². The number of hydrogen-bond donors (Lipinski definition) is 2. The molecule has 1 aromatic rings. The molecule has 1 amide bonds. The maximum Gasteiger partial charge on any atom is 0.239 e. The normalized spacial score (nSPS) is 25.7. The fourth-order valence-corrected chi connectivity index (χ4v) is 3.53. The summed E-state index contributed by atoms with van der Waals surface area (Å²) in [7, 11) is 0. The molecule has 2 aliphatic rings. The quantitative estimate of drug-likeness (QED) is 0.846. The van der Waals surface area contributed by atoms with Crippen LogP contribution in [0.1, 0.15) is 25.3 Å². The Kier molecular flexibility index (Phi) is 7.19. The fraction of sp³-hybridized carbons (Fsp3) is 0.611. The number of carbonyl (C=O) groups excluding carboxylic acids is 1. The van der Waals surface area contributed by atoms with Crippen LogP contribution in [0.4, 0.5) is 4.39 Å². The number of ether oxygens (including phenoxy) is 2. The van der Waals surface area contributed by atoms with E-state index < -0.39 is 0 Å². The average molecular weight is 373 g/mol. The van der Waals surface area contributed by atoms with E-state index in [2.05, 4.69) is 10.6 Å². The van der Waals surface area contributed by atoms with Crippen LogP contribution in [0.5, 0.6) is 0 Å². The molecule has 2 fully saturated rings. The van der Waals surface area contributed by atoms with Crippen molar-refractivity contribution in [2.75, 3.05) is 32.9 Å². The monoisotopic (exact) mass is 372 g/mol. The first-order valence-electron chi connectivity index (χ1n) is 8.57. The number of rotatable bonds is 4. The number of morpholine rings is 1. The number of amides is 1. The minimum atomic E-state index is -0.330. The zero-order valence-electron chi connectivity index (χ0n) is 14.4. The second-order valence-electron chi connectivity index (χ2n) is 6.63. The van der Waals surface area contributed by atoms with Crippen LogP contribution in [0, 0.1) is 5.82 Å². The van der Waals surface area contributed by atoms with Crippen LogP contribution in [-0.2, 0) is 19.7 Å². The third kappa shape index (κ3) is 4.70. The summed E-state index contributed by atoms with van der Waals surface area (Å²) in [5.41, 5.74) is 0.841. The van der Waals surface area contributed by atoms with Crippen molar-refractivity contribution in [1.29, 1.82) is 0 Å². The van der Waals surface area contributed by atoms with Gasteiger partial charge in [-0.3, -0.25) is 4.79 Å². The number of nitrogens with one attached hydrogen (secondary N) is 2. The van der Waals surface area contributed by atoms with Crippen LogP contribution < -0.4 is 10.6 Å². The first-order valence-corrected chi connectivity index (χ1v) is 8.57. The Morgan fingerprint density at radius 3 is 2.60 bits per heavy atom. The topological polar surface area (TPSA) is 59.6 Å². The third-order valence-corrected chi connectivity index (χ3v) is 5.11. The van der Waals surface area contributed by atoms with Crippen molar-refractivity contribution in [3.8, 4) is 0 Å². The molecule has 2 heterocycles. The van der Waals surface area contributed by atoms with Gasteiger partial charge >= 0.3 is 0 Å². The van der Waals surface area contributed by atoms with Gasteiger partial charge in [-0.2, -0.15) is 0 Å². The lowest BCUT2D eigenvalue weighted by Crippen LogP contribution is -2.57. The predicted molar refractivity (Wildman–Crippen MR) is 95.6 cm³/mol. The third-order valence-electron chi connectivity index (χ3n) is 5.11. The number of carbonyl (C=O) groups is 1. The van der Waals surface area contributed by atoms with E-state index in [-0.39, 0.29) is 41.7 Å². The minimum Gasteiger partial charge on any atom is -0.381 e. The first-order chi connectivity index (χ1) is 11.6. The molecule has 0 unspecified atom stereocenters. The smallest absolute Gasteiger partial charge is 0.239 e. The molecule has 3 rings (SSSR count). The van der Waals surface area contributed by atoms with Crippen molar-refractivity contribution in [2.45, 2.75) is 37.3 Å². The Hall–Kier alpha value is -1.21. The highest BCUT2D eigenvalue weighted by atomic mass is 35.5. The summed E-state index contributed by atoms with van der Waals surface area (Å²) in [6, 6.07) is 6.26. The summed E-state index contributed by atoms with van der Waals surface area (Å²) in [4.78, 5) is 12.5. The molecular weight excluding hydrogens is 347 g/mol. The van der Waals surface area contributed by atoms with E-state index in [9.17, 15) is 9.18 Å². The summed E-state index contributed by atoms with van der Waals surface area (Å²) >= 11 is 0. The van der Waals surface area contributed by atoms with E-state index in [1.165, 1.54) is 12.1 Å². The minimum absolute atomic E-state index is 0. The lowest BCUT2D eigenvalue weighted by Gasteiger charge is -2.39. The second kappa shape index (κ2) is 8.94. The molecule has 140 valence electrons. The largest absolute Gasteiger partial charge is 0.381 e. The van der Waals surface area contributed by atoms with E-state index >= 15 is 0 Å². The summed E-state index contributed by atoms with van der Waals surface area (Å²) in [6.45, 7) is 5.02. The second-order valence-corrected chi connectivity index (χ2v) is 6.63. The van der Waals surface area contributed by atoms with Gasteiger partial charge in [0.05, 0.1) is 12.7 Å². The van der Waals surface area contributed by atoms with Crippen molar-refractivity contribution < 1.29 is 18.7 Å². The average Bonchev–Trinajstić information content (AvgIpc) is 2.61. The highest BCUT2D eigenvalue weighted by Gasteiger charge is 2.36. The molecule has 0 saturated carbocycles. The molecule has 1 aromatic carbocycles. The number of halogens is 2. The molecule has 2 saturated heterocycles. The van der Waals surface area contributed by atoms with E-state index in [0.717, 1.165) is 18.4 Å². The van der Waals surface area contributed by atoms with Crippen LogP contribution in [0.25, 0.3) is 0 Å². The first kappa shape index (κ1) is 20.1. The Morgan fingerprint density at radius 1 is 1.28 bits per heavy atom. The molecule has 7 heteroatoms. The summed E-state index contributed by atoms with van der Waals surface area (Å²) in [5, 5.41) is 6.28. The van der Waals surface area contributed by atoms with Crippen molar-refractivity contribution in [3.05, 3.63) is 35.6 Å². The Bertz CT molecular complexity index is 564. The standard InChI is InChI=1S/C18H25FN2O3.ClH/c1-13-16(20-8-11-24-13)17(22)21-12-18(6-9-23-10-7-18)14-2-4-15(19)5-3-14;/h2-5,13,16,20H,6-12H2,1H3,(H,21,22);1H/t13-,16+;/m1./s1. The van der Waals surface area contributed by atoms with Crippen LogP contribution in [0.3, 0.4) is 0 Å². The maximum atomic E-state index is 13.3. The highest BCUT2D eigenvalue weighted by molar-refractivity contribution is 5.85. The van der Waals surface area contributed by atoms with Gasteiger partial charge in [0, 0.05) is 31.7 Å². The van der Waals surface area contributed by atoms with Gasteiger partial charge in [-0.1, -0.05) is 12.1 Å². The van der Waals surface area contributed by atoms with Gasteiger partial charge in [0.1, 0.15) is 11.9 Å². The summed E-state index contributed by atoms with van der Waals surface area (Å²) < 4.78 is 24.3. The highest BCUT2D eigenvalue weighted by Crippen LogP contribution is 2.34. The lowest BCUT2D eigenvalue weighted by atomic mass is 9.74. The van der Waals surface area contributed by atoms with Crippen LogP contribution >= 0.6 is 12.4 Å². The zero-order chi connectivity index (χ0) is 17.0. The van der Waals surface area contributed by atoms with Crippen LogP contribution in [-0.4, -0.2) is 51.0 Å². The molecule has 0 spiro atoms. The van der Waals surface area contributed by atoms with E-state index in [1.54, 1.807) is 0 Å². The van der Waals surface area contributed by atoms with Gasteiger partial charge in [0.2, 0.25) is 5.91 Å². The predicted octanol–water partition coefficient (Wildman–Crippen LogP) is 1.79. The molecule has 0 radical (unpaired) electrons. The van der Waals surface area contributed by atoms with Crippen LogP contribution in [0.15, 0.2) is 24.3 Å². The Morgan fingerprint density at radius 2 is 1.96 bits per heavy atom. The van der Waals surface area contributed by atoms with Crippen molar-refractivity contribution in [1.82, 2.24) is 10.6 Å². The molecule has 5 nitrogen and oxygen atoms in total. The molecule has 2 N–H and O–H groups in total. The van der Waals surface area contributed by atoms with Gasteiger partial charge in [-0.15, -0.1) is 12.4 Å². The SMILES string of the molecule is C[C@H]1OCCN[C@@H]1C(=O)NCC1(c2ccc(F)cc2)CCOCC1.Cl. The van der Waals surface area contributed by atoms with Gasteiger partial charge < -0.3 is 20.1 Å². The number of benzene rings is 1. The Labute approximate surface area is 154 Å². The number of hydrogen-bond acceptors (Lipinski definition) is 4. The van der Waals surface area contributed by atoms with E-state index in [1.807, 2.05) is 19.1 Å². The van der Waals surface area contributed by atoms with Gasteiger partial charge in [-0.25, -0.2) is 4.39 Å². The molecule has 0 aliphatic carbocycles. The summed E-state index contributed by atoms with van der Waals surface area (Å²) in [5.74, 6) is -0.294. The van der Waals surface area contributed by atoms with E-state index in [0.29, 0.717) is 32.9 Å². The fourth-order valence-electron chi connectivity index (χ4n) is 3.53. The van der Waals surface area contributed by atoms with Crippen LogP contribution in [0.2, 0.25) is 0 Å². The lowest BCUT2D eigenvalue weighted by molar-refractivity contribution is -0.129. The molecule has 0 aromatic heterocycles.